The topological polar surface area (TPSA) is 297 Å². The van der Waals surface area contributed by atoms with Gasteiger partial charge in [-0.1, -0.05) is 35.9 Å². The first-order valence-electron chi connectivity index (χ1n) is 9.43. The van der Waals surface area contributed by atoms with Gasteiger partial charge in [0.1, 0.15) is 0 Å². The molecule has 0 unspecified atom stereocenters. The molecule has 0 aromatic heterocycles. The molecule has 0 saturated heterocycles. The summed E-state index contributed by atoms with van der Waals surface area (Å²) in [6.07, 6.45) is 0. The first-order chi connectivity index (χ1) is 20.2. The van der Waals surface area contributed by atoms with Crippen LogP contribution >= 0.6 is 0 Å². The van der Waals surface area contributed by atoms with E-state index in [0.717, 1.165) is 0 Å². The van der Waals surface area contributed by atoms with E-state index in [-0.39, 0.29) is 0 Å². The quantitative estimate of drug-likeness (QED) is 0.0849. The van der Waals surface area contributed by atoms with Gasteiger partial charge in [0, 0.05) is 0 Å². The van der Waals surface area contributed by atoms with Crippen LogP contribution in [0.3, 0.4) is 0 Å². The number of nitrogens with zero attached hydrogens (tertiary/aromatic N) is 12. The summed E-state index contributed by atoms with van der Waals surface area (Å²) in [6.45, 7) is 0. The molecule has 0 radical (unpaired) electrons. The second-order valence-corrected chi connectivity index (χ2v) is 6.86. The Morgan fingerprint density at radius 2 is 0.523 bits per heavy atom. The van der Waals surface area contributed by atoms with Gasteiger partial charge in [-0.2, -0.15) is 0 Å². The molecule has 44 heavy (non-hydrogen) atoms. The molecule has 236 valence electrons. The van der Waals surface area contributed by atoms with Crippen LogP contribution in [0.15, 0.2) is 10.2 Å². The third-order valence-corrected chi connectivity index (χ3v) is 4.71. The predicted molar refractivity (Wildman–Crippen MR) is 116 cm³/mol. The van der Waals surface area contributed by atoms with Crippen molar-refractivity contribution in [3.05, 3.63) is 60.7 Å². The van der Waals surface area contributed by atoms with Crippen molar-refractivity contribution in [1.29, 1.82) is 0 Å². The summed E-state index contributed by atoms with van der Waals surface area (Å²) in [7, 11) is 0. The molecule has 0 amide bonds. The number of nitro groups is 6. The van der Waals surface area contributed by atoms with E-state index in [2.05, 4.69) is 10.2 Å². The molecule has 0 aliphatic rings. The fourth-order valence-corrected chi connectivity index (χ4v) is 3.31. The van der Waals surface area contributed by atoms with Crippen LogP contribution in [0.5, 0.6) is 0 Å². The molecule has 2 aromatic carbocycles. The lowest BCUT2D eigenvalue weighted by Crippen LogP contribution is -2.12. The maximum atomic E-state index is 13.6. The number of hydrogen-bond acceptors (Lipinski definition) is 18. The van der Waals surface area contributed by atoms with Gasteiger partial charge in [0.05, 0.1) is 29.5 Å². The third kappa shape index (κ3) is 5.50. The Morgan fingerprint density at radius 1 is 0.364 bits per heavy atom. The molecule has 0 spiro atoms. The highest BCUT2D eigenvalue weighted by Gasteiger charge is 2.51. The van der Waals surface area contributed by atoms with Gasteiger partial charge in [0.25, 0.3) is 22.7 Å². The average Bonchev–Trinajstić information content (AvgIpc) is 2.87. The van der Waals surface area contributed by atoms with Crippen LogP contribution in [0.2, 0.25) is 0 Å². The first-order valence-corrected chi connectivity index (χ1v) is 9.43. The summed E-state index contributed by atoms with van der Waals surface area (Å²) in [5.74, 6) is 0. The zero-order chi connectivity index (χ0) is 34.1. The van der Waals surface area contributed by atoms with E-state index in [1.54, 1.807) is 0 Å². The van der Waals surface area contributed by atoms with Gasteiger partial charge < -0.3 is 0 Å². The number of benzene rings is 2. The maximum absolute atomic E-state index is 13.6. The molecule has 0 aliphatic carbocycles. The summed E-state index contributed by atoms with van der Waals surface area (Å²) < 4.78 is 109. The SMILES string of the molecule is O=[N+]([O-])c1c(N=Nc2c([N+](=O)[O-])c(N(F)F)c([N+](=O)[O-])c(N(F)F)c2[N+](=O)[O-])c([N+](=O)[O-])c(N(F)F)c([N+](=O)[O-])c1N(F)F. The fraction of sp³-hybridized carbons (Fsp3) is 0. The normalized spacial score (nSPS) is 10.8. The van der Waals surface area contributed by atoms with E-state index in [1.807, 2.05) is 0 Å². The number of azo groups is 1. The fourth-order valence-electron chi connectivity index (χ4n) is 3.31. The number of rotatable bonds is 12. The molecule has 2 rings (SSSR count). The molecule has 0 N–H and O–H groups in total. The lowest BCUT2D eigenvalue weighted by Gasteiger charge is -2.12. The van der Waals surface area contributed by atoms with Crippen LogP contribution in [0, 0.1) is 60.7 Å². The minimum absolute atomic E-state index is 2.20. The van der Waals surface area contributed by atoms with Gasteiger partial charge in [-0.15, -0.1) is 10.2 Å². The van der Waals surface area contributed by atoms with Gasteiger partial charge in [-0.3, -0.25) is 60.7 Å². The highest BCUT2D eigenvalue weighted by atomic mass is 19.4. The number of halogens is 8. The molecule has 0 atom stereocenters. The van der Waals surface area contributed by atoms with Crippen molar-refractivity contribution >= 4 is 68.2 Å². The van der Waals surface area contributed by atoms with E-state index in [9.17, 15) is 96.5 Å². The van der Waals surface area contributed by atoms with E-state index < -0.39 is 119 Å². The van der Waals surface area contributed by atoms with Crippen LogP contribution in [-0.4, -0.2) is 29.5 Å². The van der Waals surface area contributed by atoms with Crippen LogP contribution < -0.4 is 21.4 Å². The summed E-state index contributed by atoms with van der Waals surface area (Å²) >= 11 is 0. The Hall–Kier alpha value is -6.92. The van der Waals surface area contributed by atoms with Crippen molar-refractivity contribution in [3.63, 3.8) is 0 Å². The molecule has 0 bridgehead atoms. The number of hydrogen-bond donors (Lipinski definition) is 0. The zero-order valence-electron chi connectivity index (χ0n) is 19.3. The largest absolute Gasteiger partial charge is 0.341 e. The minimum Gasteiger partial charge on any atom is -0.258 e. The van der Waals surface area contributed by atoms with Crippen LogP contribution in [0.1, 0.15) is 0 Å². The van der Waals surface area contributed by atoms with Gasteiger partial charge in [0.2, 0.25) is 11.4 Å². The summed E-state index contributed by atoms with van der Waals surface area (Å²) in [6, 6.07) is 0. The summed E-state index contributed by atoms with van der Waals surface area (Å²) in [5, 5.41) is 62.9. The van der Waals surface area contributed by atoms with Crippen LogP contribution in [0.4, 0.5) is 104 Å². The monoisotopic (exact) mass is 656 g/mol. The van der Waals surface area contributed by atoms with Crippen LogP contribution in [-0.2, 0) is 0 Å². The van der Waals surface area contributed by atoms with Crippen molar-refractivity contribution in [2.24, 2.45) is 10.2 Å². The first kappa shape index (κ1) is 33.3. The molecule has 0 aliphatic heterocycles. The Kier molecular flexibility index (Phi) is 9.00. The van der Waals surface area contributed by atoms with Crippen molar-refractivity contribution in [2.45, 2.75) is 0 Å². The highest BCUT2D eigenvalue weighted by Crippen LogP contribution is 2.60. The Balaban J connectivity index is 3.46. The summed E-state index contributed by atoms with van der Waals surface area (Å²) in [4.78, 5) is 55.4. The molecule has 0 heterocycles. The Labute approximate surface area is 227 Å². The second kappa shape index (κ2) is 11.9. The Bertz CT molecular complexity index is 1460. The van der Waals surface area contributed by atoms with E-state index in [1.165, 1.54) is 0 Å². The molecule has 0 saturated carbocycles. The summed E-state index contributed by atoms with van der Waals surface area (Å²) in [5.41, 5.74) is -32.8. The third-order valence-electron chi connectivity index (χ3n) is 4.71. The Morgan fingerprint density at radius 3 is 0.636 bits per heavy atom. The predicted octanol–water partition coefficient (Wildman–Crippen LogP) is 5.85. The van der Waals surface area contributed by atoms with Crippen LogP contribution in [0.25, 0.3) is 0 Å². The van der Waals surface area contributed by atoms with Crippen molar-refractivity contribution in [2.75, 3.05) is 21.4 Å². The smallest absolute Gasteiger partial charge is 0.258 e. The van der Waals surface area contributed by atoms with E-state index in [4.69, 9.17) is 0 Å². The zero-order valence-corrected chi connectivity index (χ0v) is 19.3. The van der Waals surface area contributed by atoms with Gasteiger partial charge in [-0.05, 0) is 21.4 Å². The van der Waals surface area contributed by atoms with E-state index >= 15 is 0 Å². The standard InChI is InChI=1S/C12F8N12O12/c13-23(14)7-3(27(33)34)1(4(28(35)36)8(24(15)16)11(7)31(41)42)21-22-2-5(29(37)38)9(25(17)18)12(32(43)44)10(26(19)20)6(2)30(39)40. The number of nitro benzene ring substituents is 6. The van der Waals surface area contributed by atoms with Gasteiger partial charge in [0.15, 0.2) is 0 Å². The van der Waals surface area contributed by atoms with Gasteiger partial charge in [-0.25, -0.2) is 0 Å². The number of anilines is 4. The molecule has 2 aromatic rings. The lowest BCUT2D eigenvalue weighted by atomic mass is 10.1. The maximum Gasteiger partial charge on any atom is 0.341 e. The molecular formula is C12F8N12O12. The molecule has 24 nitrogen and oxygen atoms in total. The van der Waals surface area contributed by atoms with E-state index in [0.29, 0.717) is 0 Å². The van der Waals surface area contributed by atoms with Gasteiger partial charge >= 0.3 is 34.1 Å². The highest BCUT2D eigenvalue weighted by molar-refractivity contribution is 6.00. The molecule has 0 fully saturated rings. The van der Waals surface area contributed by atoms with Crippen molar-refractivity contribution in [1.82, 2.24) is 0 Å². The lowest BCUT2D eigenvalue weighted by molar-refractivity contribution is -0.401. The second-order valence-electron chi connectivity index (χ2n) is 6.86. The van der Waals surface area contributed by atoms with Crippen molar-refractivity contribution in [3.8, 4) is 0 Å². The molecular weight excluding hydrogens is 656 g/mol. The van der Waals surface area contributed by atoms with Crippen molar-refractivity contribution < 1.29 is 65.4 Å². The average molecular weight is 656 g/mol. The molecule has 32 heteroatoms. The minimum atomic E-state index is -2.83.